The smallest absolute Gasteiger partial charge is 0.327 e. The molecule has 1 aliphatic rings. The number of allylic oxidation sites excluding steroid dienone is 1. The number of carbonyl (C=O) groups is 1. The third-order valence-electron chi connectivity index (χ3n) is 5.76. The van der Waals surface area contributed by atoms with E-state index in [0.29, 0.717) is 33.8 Å². The fourth-order valence-corrected chi connectivity index (χ4v) is 4.03. The standard InChI is InChI=1S/C26H20F2N4O3/c1-15-22(25-30-24(31-35-25)17-8-12-19(28)13-9-17)23(16-6-10-18(27)11-7-16)29-26(33)32(15)20-4-3-5-21(14-20)34-2/h3-14,23H,1-2H3,(H,29,33). The number of amides is 2. The molecular weight excluding hydrogens is 454 g/mol. The molecule has 1 N–H and O–H groups in total. The summed E-state index contributed by atoms with van der Waals surface area (Å²) < 4.78 is 37.9. The van der Waals surface area contributed by atoms with E-state index in [4.69, 9.17) is 9.26 Å². The molecule has 0 fully saturated rings. The Bertz CT molecular complexity index is 1420. The number of nitrogens with one attached hydrogen (secondary N) is 1. The fourth-order valence-electron chi connectivity index (χ4n) is 4.03. The quantitative estimate of drug-likeness (QED) is 0.400. The Morgan fingerprint density at radius 2 is 1.69 bits per heavy atom. The van der Waals surface area contributed by atoms with Gasteiger partial charge in [0.25, 0.3) is 5.89 Å². The van der Waals surface area contributed by atoms with Crippen molar-refractivity contribution >= 4 is 17.3 Å². The van der Waals surface area contributed by atoms with Crippen molar-refractivity contribution in [2.45, 2.75) is 13.0 Å². The second kappa shape index (κ2) is 9.02. The minimum atomic E-state index is -0.675. The molecule has 1 aromatic heterocycles. The first-order valence-corrected chi connectivity index (χ1v) is 10.8. The summed E-state index contributed by atoms with van der Waals surface area (Å²) in [6.45, 7) is 1.77. The number of hydrogen-bond donors (Lipinski definition) is 1. The van der Waals surface area contributed by atoms with Crippen LogP contribution in [0.15, 0.2) is 83.0 Å². The van der Waals surface area contributed by atoms with E-state index in [9.17, 15) is 13.6 Å². The van der Waals surface area contributed by atoms with Gasteiger partial charge in [0.2, 0.25) is 5.82 Å². The van der Waals surface area contributed by atoms with Crippen molar-refractivity contribution in [2.75, 3.05) is 12.0 Å². The van der Waals surface area contributed by atoms with Crippen molar-refractivity contribution in [3.8, 4) is 17.1 Å². The number of ether oxygens (including phenoxy) is 1. The summed E-state index contributed by atoms with van der Waals surface area (Å²) in [5, 5.41) is 7.02. The Morgan fingerprint density at radius 3 is 2.37 bits per heavy atom. The molecule has 0 saturated carbocycles. The van der Waals surface area contributed by atoms with Gasteiger partial charge in [-0.05, 0) is 61.0 Å². The molecule has 1 aliphatic heterocycles. The lowest BCUT2D eigenvalue weighted by atomic mass is 9.94. The second-order valence-corrected chi connectivity index (χ2v) is 7.90. The first-order chi connectivity index (χ1) is 16.9. The lowest BCUT2D eigenvalue weighted by Crippen LogP contribution is -2.46. The molecule has 2 amide bonds. The number of carbonyl (C=O) groups excluding carboxylic acids is 1. The van der Waals surface area contributed by atoms with Gasteiger partial charge in [-0.2, -0.15) is 4.98 Å². The third kappa shape index (κ3) is 4.23. The highest BCUT2D eigenvalue weighted by molar-refractivity contribution is 6.01. The molecule has 4 aromatic rings. The van der Waals surface area contributed by atoms with Gasteiger partial charge in [0.15, 0.2) is 0 Å². The number of anilines is 1. The molecule has 35 heavy (non-hydrogen) atoms. The number of nitrogens with zero attached hydrogens (tertiary/aromatic N) is 3. The second-order valence-electron chi connectivity index (χ2n) is 7.90. The highest BCUT2D eigenvalue weighted by Crippen LogP contribution is 2.39. The summed E-state index contributed by atoms with van der Waals surface area (Å²) in [5.74, 6) is 0.248. The summed E-state index contributed by atoms with van der Waals surface area (Å²) in [6.07, 6.45) is 0. The number of halogens is 2. The first kappa shape index (κ1) is 22.3. The van der Waals surface area contributed by atoms with E-state index in [2.05, 4.69) is 15.5 Å². The highest BCUT2D eigenvalue weighted by Gasteiger charge is 2.36. The van der Waals surface area contributed by atoms with Crippen molar-refractivity contribution < 1.29 is 22.8 Å². The molecule has 3 aromatic carbocycles. The van der Waals surface area contributed by atoms with E-state index in [0.717, 1.165) is 0 Å². The summed E-state index contributed by atoms with van der Waals surface area (Å²) in [7, 11) is 1.55. The molecule has 0 bridgehead atoms. The number of rotatable bonds is 5. The summed E-state index contributed by atoms with van der Waals surface area (Å²) in [4.78, 5) is 19.3. The predicted molar refractivity (Wildman–Crippen MR) is 125 cm³/mol. The Kier molecular flexibility index (Phi) is 5.74. The Balaban J connectivity index is 1.65. The predicted octanol–water partition coefficient (Wildman–Crippen LogP) is 5.73. The Labute approximate surface area is 199 Å². The van der Waals surface area contributed by atoms with Gasteiger partial charge < -0.3 is 14.6 Å². The molecule has 1 unspecified atom stereocenters. The molecule has 9 heteroatoms. The van der Waals surface area contributed by atoms with Crippen LogP contribution in [0.3, 0.4) is 0 Å². The number of hydrogen-bond acceptors (Lipinski definition) is 5. The van der Waals surface area contributed by atoms with Crippen LogP contribution in [-0.2, 0) is 0 Å². The summed E-state index contributed by atoms with van der Waals surface area (Å²) in [6, 6.07) is 17.5. The normalized spacial score (nSPS) is 15.8. The van der Waals surface area contributed by atoms with Gasteiger partial charge in [-0.3, -0.25) is 4.90 Å². The van der Waals surface area contributed by atoms with Crippen LogP contribution in [0.25, 0.3) is 17.0 Å². The Hall–Kier alpha value is -4.53. The van der Waals surface area contributed by atoms with Gasteiger partial charge in [-0.25, -0.2) is 13.6 Å². The monoisotopic (exact) mass is 474 g/mol. The lowest BCUT2D eigenvalue weighted by Gasteiger charge is -2.35. The van der Waals surface area contributed by atoms with E-state index in [-0.39, 0.29) is 23.6 Å². The average molecular weight is 474 g/mol. The van der Waals surface area contributed by atoms with Crippen LogP contribution < -0.4 is 15.0 Å². The van der Waals surface area contributed by atoms with E-state index >= 15 is 0 Å². The lowest BCUT2D eigenvalue weighted by molar-refractivity contribution is 0.244. The molecule has 5 rings (SSSR count). The molecular formula is C26H20F2N4O3. The zero-order chi connectivity index (χ0) is 24.5. The molecule has 0 aliphatic carbocycles. The van der Waals surface area contributed by atoms with Gasteiger partial charge in [0.05, 0.1) is 24.4 Å². The van der Waals surface area contributed by atoms with E-state index in [1.165, 1.54) is 29.2 Å². The van der Waals surface area contributed by atoms with Gasteiger partial charge in [0, 0.05) is 17.3 Å². The Morgan fingerprint density at radius 1 is 1.00 bits per heavy atom. The summed E-state index contributed by atoms with van der Waals surface area (Å²) >= 11 is 0. The number of urea groups is 1. The van der Waals surface area contributed by atoms with Crippen LogP contribution in [0, 0.1) is 11.6 Å². The maximum atomic E-state index is 13.6. The molecule has 176 valence electrons. The number of methoxy groups -OCH3 is 1. The van der Waals surface area contributed by atoms with Crippen molar-refractivity contribution in [3.05, 3.63) is 102 Å². The molecule has 0 saturated heterocycles. The molecule has 1 atom stereocenters. The average Bonchev–Trinajstić information content (AvgIpc) is 3.34. The van der Waals surface area contributed by atoms with E-state index in [1.807, 2.05) is 0 Å². The van der Waals surface area contributed by atoms with Gasteiger partial charge in [-0.1, -0.05) is 23.4 Å². The van der Waals surface area contributed by atoms with Gasteiger partial charge in [-0.15, -0.1) is 0 Å². The number of aromatic nitrogens is 2. The minimum absolute atomic E-state index is 0.170. The minimum Gasteiger partial charge on any atom is -0.497 e. The largest absolute Gasteiger partial charge is 0.497 e. The van der Waals surface area contributed by atoms with Crippen molar-refractivity contribution in [3.63, 3.8) is 0 Å². The zero-order valence-electron chi connectivity index (χ0n) is 18.8. The van der Waals surface area contributed by atoms with Crippen LogP contribution in [0.1, 0.15) is 24.4 Å². The van der Waals surface area contributed by atoms with Crippen LogP contribution in [0.4, 0.5) is 19.3 Å². The van der Waals surface area contributed by atoms with Crippen molar-refractivity contribution in [2.24, 2.45) is 0 Å². The first-order valence-electron chi connectivity index (χ1n) is 10.8. The fraction of sp³-hybridized carbons (Fsp3) is 0.115. The van der Waals surface area contributed by atoms with E-state index < -0.39 is 11.9 Å². The molecule has 0 radical (unpaired) electrons. The topological polar surface area (TPSA) is 80.5 Å². The van der Waals surface area contributed by atoms with Crippen LogP contribution in [-0.4, -0.2) is 23.3 Å². The van der Waals surface area contributed by atoms with Crippen molar-refractivity contribution in [1.29, 1.82) is 0 Å². The maximum absolute atomic E-state index is 13.6. The third-order valence-corrected chi connectivity index (χ3v) is 5.76. The van der Waals surface area contributed by atoms with Crippen LogP contribution in [0.5, 0.6) is 5.75 Å². The highest BCUT2D eigenvalue weighted by atomic mass is 19.1. The van der Waals surface area contributed by atoms with Crippen LogP contribution >= 0.6 is 0 Å². The SMILES string of the molecule is COc1cccc(N2C(=O)NC(c3ccc(F)cc3)C(c3nc(-c4ccc(F)cc4)no3)=C2C)c1. The zero-order valence-corrected chi connectivity index (χ0v) is 18.8. The molecule has 2 heterocycles. The number of benzene rings is 3. The van der Waals surface area contributed by atoms with E-state index in [1.54, 1.807) is 62.6 Å². The maximum Gasteiger partial charge on any atom is 0.327 e. The van der Waals surface area contributed by atoms with Gasteiger partial charge in [0.1, 0.15) is 17.4 Å². The molecule has 7 nitrogen and oxygen atoms in total. The van der Waals surface area contributed by atoms with Crippen molar-refractivity contribution in [1.82, 2.24) is 15.5 Å². The summed E-state index contributed by atoms with van der Waals surface area (Å²) in [5.41, 5.74) is 2.88. The van der Waals surface area contributed by atoms with Crippen LogP contribution in [0.2, 0.25) is 0 Å². The van der Waals surface area contributed by atoms with Gasteiger partial charge >= 0.3 is 6.03 Å². The molecule has 0 spiro atoms.